The number of aliphatic imine (C=N–C) groups is 2. The van der Waals surface area contributed by atoms with Gasteiger partial charge in [-0.05, 0) is 19.1 Å². The van der Waals surface area contributed by atoms with E-state index in [9.17, 15) is 4.79 Å². The summed E-state index contributed by atoms with van der Waals surface area (Å²) in [6, 6.07) is 0. The van der Waals surface area contributed by atoms with Gasteiger partial charge in [-0.15, -0.1) is 0 Å². The van der Waals surface area contributed by atoms with Crippen molar-refractivity contribution in [1.82, 2.24) is 5.32 Å². The number of carboxylic acids is 1. The number of thioether (sulfide) groups is 1. The Kier molecular flexibility index (Phi) is 6.79. The average molecular weight is 293 g/mol. The molecule has 5 nitrogen and oxygen atoms in total. The minimum Gasteiger partial charge on any atom is -0.481 e. The van der Waals surface area contributed by atoms with Gasteiger partial charge in [-0.25, -0.2) is 4.99 Å². The summed E-state index contributed by atoms with van der Waals surface area (Å²) in [4.78, 5) is 19.4. The lowest BCUT2D eigenvalue weighted by Gasteiger charge is -2.07. The molecular weight excluding hydrogens is 274 g/mol. The summed E-state index contributed by atoms with van der Waals surface area (Å²) in [6.45, 7) is 1.93. The highest BCUT2D eigenvalue weighted by Crippen LogP contribution is 2.17. The number of carboxylic acid groups (broad SMARTS) is 1. The van der Waals surface area contributed by atoms with E-state index in [0.29, 0.717) is 10.8 Å². The zero-order chi connectivity index (χ0) is 15.0. The van der Waals surface area contributed by atoms with E-state index in [2.05, 4.69) is 15.3 Å². The molecule has 20 heavy (non-hydrogen) atoms. The second-order valence-electron chi connectivity index (χ2n) is 3.93. The quantitative estimate of drug-likeness (QED) is 0.602. The maximum atomic E-state index is 10.7. The van der Waals surface area contributed by atoms with Crippen LogP contribution in [0.1, 0.15) is 13.3 Å². The van der Waals surface area contributed by atoms with E-state index in [1.54, 1.807) is 7.05 Å². The van der Waals surface area contributed by atoms with E-state index < -0.39 is 5.97 Å². The molecule has 0 radical (unpaired) electrons. The first kappa shape index (κ1) is 16.2. The van der Waals surface area contributed by atoms with Gasteiger partial charge < -0.3 is 10.4 Å². The summed E-state index contributed by atoms with van der Waals surface area (Å²) in [5, 5.41) is 12.5. The molecule has 0 atom stereocenters. The average Bonchev–Trinajstić information content (AvgIpc) is 2.62. The van der Waals surface area contributed by atoms with E-state index in [1.165, 1.54) is 11.8 Å². The van der Waals surface area contributed by atoms with Crippen LogP contribution >= 0.6 is 11.8 Å². The lowest BCUT2D eigenvalue weighted by Crippen LogP contribution is -2.12. The van der Waals surface area contributed by atoms with Crippen LogP contribution in [0, 0.1) is 0 Å². The third-order valence-corrected chi connectivity index (χ3v) is 3.59. The smallest absolute Gasteiger partial charge is 0.313 e. The fourth-order valence-corrected chi connectivity index (χ4v) is 2.31. The van der Waals surface area contributed by atoms with Crippen molar-refractivity contribution in [1.29, 1.82) is 0 Å². The van der Waals surface area contributed by atoms with E-state index in [-0.39, 0.29) is 5.75 Å². The van der Waals surface area contributed by atoms with Crippen LogP contribution in [0.4, 0.5) is 0 Å². The molecule has 0 aromatic rings. The molecule has 0 aromatic heterocycles. The van der Waals surface area contributed by atoms with Gasteiger partial charge in [-0.2, -0.15) is 0 Å². The third-order valence-electron chi connectivity index (χ3n) is 2.53. The normalized spacial score (nSPS) is 16.4. The second-order valence-corrected chi connectivity index (χ2v) is 4.89. The summed E-state index contributed by atoms with van der Waals surface area (Å²) in [6.07, 6.45) is 8.47. The number of hydrogen-bond donors (Lipinski definition) is 2. The summed E-state index contributed by atoms with van der Waals surface area (Å²) in [5.41, 5.74) is 2.55. The van der Waals surface area contributed by atoms with E-state index in [4.69, 9.17) is 5.11 Å². The molecule has 0 saturated heterocycles. The van der Waals surface area contributed by atoms with Crippen molar-refractivity contribution < 1.29 is 9.90 Å². The molecule has 0 unspecified atom stereocenters. The Morgan fingerprint density at radius 1 is 1.65 bits per heavy atom. The Hall–Kier alpha value is -1.82. The largest absolute Gasteiger partial charge is 0.481 e. The van der Waals surface area contributed by atoms with Crippen LogP contribution in [-0.4, -0.2) is 41.7 Å². The molecule has 0 bridgehead atoms. The number of carbonyl (C=O) groups is 1. The minimum absolute atomic E-state index is 0.0267. The lowest BCUT2D eigenvalue weighted by atomic mass is 10.2. The zero-order valence-corrected chi connectivity index (χ0v) is 12.7. The molecule has 0 spiro atoms. The monoisotopic (exact) mass is 293 g/mol. The van der Waals surface area contributed by atoms with E-state index in [1.807, 2.05) is 38.3 Å². The summed E-state index contributed by atoms with van der Waals surface area (Å²) >= 11 is 1.18. The van der Waals surface area contributed by atoms with Crippen molar-refractivity contribution >= 4 is 28.5 Å². The predicted molar refractivity (Wildman–Crippen MR) is 85.5 cm³/mol. The molecular formula is C14H19N3O2S. The Morgan fingerprint density at radius 2 is 2.40 bits per heavy atom. The molecule has 0 aromatic carbocycles. The molecule has 2 N–H and O–H groups in total. The molecule has 6 heteroatoms. The van der Waals surface area contributed by atoms with Crippen molar-refractivity contribution in [3.63, 3.8) is 0 Å². The molecule has 0 amide bonds. The Labute approximate surface area is 123 Å². The number of nitrogens with one attached hydrogen (secondary N) is 1. The molecule has 0 fully saturated rings. The Balaban J connectivity index is 3.08. The maximum Gasteiger partial charge on any atom is 0.313 e. The first-order chi connectivity index (χ1) is 9.62. The first-order valence-electron chi connectivity index (χ1n) is 6.23. The summed E-state index contributed by atoms with van der Waals surface area (Å²) in [5.74, 6) is -0.893. The van der Waals surface area contributed by atoms with Crippen LogP contribution in [0.25, 0.3) is 0 Å². The number of hydrogen-bond acceptors (Lipinski definition) is 5. The summed E-state index contributed by atoms with van der Waals surface area (Å²) < 4.78 is 0. The zero-order valence-electron chi connectivity index (χ0n) is 11.9. The maximum absolute atomic E-state index is 10.7. The number of rotatable bonds is 5. The predicted octanol–water partition coefficient (Wildman–Crippen LogP) is 2.24. The highest BCUT2D eigenvalue weighted by atomic mass is 32.2. The third kappa shape index (κ3) is 4.70. The van der Waals surface area contributed by atoms with E-state index >= 15 is 0 Å². The second kappa shape index (κ2) is 8.37. The molecule has 1 rings (SSSR count). The minimum atomic E-state index is -0.866. The highest BCUT2D eigenvalue weighted by Gasteiger charge is 2.13. The first-order valence-corrected chi connectivity index (χ1v) is 7.21. The Morgan fingerprint density at radius 3 is 2.95 bits per heavy atom. The van der Waals surface area contributed by atoms with Crippen LogP contribution in [0.5, 0.6) is 0 Å². The van der Waals surface area contributed by atoms with Gasteiger partial charge in [-0.1, -0.05) is 23.9 Å². The molecule has 1 aliphatic heterocycles. The van der Waals surface area contributed by atoms with Crippen LogP contribution in [0.3, 0.4) is 0 Å². The fraction of sp³-hybridized carbons (Fsp3) is 0.357. The van der Waals surface area contributed by atoms with Crippen LogP contribution < -0.4 is 5.32 Å². The lowest BCUT2D eigenvalue weighted by molar-refractivity contribution is -0.133. The van der Waals surface area contributed by atoms with Gasteiger partial charge in [0, 0.05) is 26.2 Å². The van der Waals surface area contributed by atoms with Crippen LogP contribution in [0.2, 0.25) is 0 Å². The van der Waals surface area contributed by atoms with Crippen molar-refractivity contribution in [2.75, 3.05) is 19.8 Å². The van der Waals surface area contributed by atoms with Gasteiger partial charge in [0.15, 0.2) is 0 Å². The van der Waals surface area contributed by atoms with Gasteiger partial charge in [-0.3, -0.25) is 9.79 Å². The number of aliphatic carboxylic acids is 1. The molecule has 0 aliphatic carbocycles. The van der Waals surface area contributed by atoms with Gasteiger partial charge in [0.25, 0.3) is 0 Å². The molecule has 1 heterocycles. The van der Waals surface area contributed by atoms with Gasteiger partial charge >= 0.3 is 5.97 Å². The van der Waals surface area contributed by atoms with Gasteiger partial charge in [0.1, 0.15) is 5.04 Å². The van der Waals surface area contributed by atoms with Crippen molar-refractivity contribution in [2.24, 2.45) is 9.98 Å². The summed E-state index contributed by atoms with van der Waals surface area (Å²) in [7, 11) is 3.50. The molecule has 0 saturated carbocycles. The SMILES string of the molecule is C/C=C\C1=C(NC)CC=CC(/C(=N/C)SCC(=O)O)=N1. The highest BCUT2D eigenvalue weighted by molar-refractivity contribution is 8.16. The van der Waals surface area contributed by atoms with Crippen molar-refractivity contribution in [3.05, 3.63) is 35.7 Å². The fourth-order valence-electron chi connectivity index (χ4n) is 1.66. The van der Waals surface area contributed by atoms with Crippen molar-refractivity contribution in [3.8, 4) is 0 Å². The van der Waals surface area contributed by atoms with Crippen molar-refractivity contribution in [2.45, 2.75) is 13.3 Å². The molecule has 1 aliphatic rings. The Bertz CT molecular complexity index is 517. The van der Waals surface area contributed by atoms with Gasteiger partial charge in [0.05, 0.1) is 17.2 Å². The van der Waals surface area contributed by atoms with Crippen LogP contribution in [0.15, 0.2) is 45.7 Å². The van der Waals surface area contributed by atoms with E-state index in [0.717, 1.165) is 17.8 Å². The number of allylic oxidation sites excluding steroid dienone is 4. The molecule has 108 valence electrons. The number of nitrogens with zero attached hydrogens (tertiary/aromatic N) is 2. The van der Waals surface area contributed by atoms with Crippen LogP contribution in [-0.2, 0) is 4.79 Å². The van der Waals surface area contributed by atoms with Gasteiger partial charge in [0.2, 0.25) is 0 Å². The standard InChI is InChI=1S/C14H19N3O2S/c1-4-6-11-10(15-2)7-5-8-12(17-11)14(16-3)20-9-13(18)19/h4-6,8,15H,7,9H2,1-3H3,(H,18,19)/b6-4-,16-14-. The topological polar surface area (TPSA) is 74.0 Å².